The molecule has 0 aliphatic heterocycles. The van der Waals surface area contributed by atoms with Gasteiger partial charge >= 0.3 is 0 Å². The number of nitrogens with zero attached hydrogens (tertiary/aromatic N) is 3. The highest BCUT2D eigenvalue weighted by Crippen LogP contribution is 2.27. The molecule has 3 N–H and O–H groups in total. The second-order valence-corrected chi connectivity index (χ2v) is 10.1. The van der Waals surface area contributed by atoms with E-state index >= 15 is 0 Å². The van der Waals surface area contributed by atoms with Gasteiger partial charge < -0.3 is 11.1 Å². The van der Waals surface area contributed by atoms with Crippen molar-refractivity contribution in [1.29, 1.82) is 0 Å². The first-order valence-corrected chi connectivity index (χ1v) is 11.3. The van der Waals surface area contributed by atoms with Gasteiger partial charge in [-0.25, -0.2) is 22.8 Å². The highest BCUT2D eigenvalue weighted by molar-refractivity contribution is 7.91. The van der Waals surface area contributed by atoms with Crippen molar-refractivity contribution in [2.75, 3.05) is 0 Å². The molecule has 2 heterocycles. The Kier molecular flexibility index (Phi) is 6.46. The first-order valence-electron chi connectivity index (χ1n) is 8.57. The molecule has 0 radical (unpaired) electrons. The van der Waals surface area contributed by atoms with Crippen LogP contribution in [0.3, 0.4) is 0 Å². The van der Waals surface area contributed by atoms with E-state index in [-0.39, 0.29) is 33.5 Å². The Morgan fingerprint density at radius 3 is 2.63 bits per heavy atom. The van der Waals surface area contributed by atoms with E-state index in [2.05, 4.69) is 20.3 Å². The largest absolute Gasteiger partial charge is 0.346 e. The van der Waals surface area contributed by atoms with Crippen LogP contribution in [0.2, 0.25) is 5.02 Å². The van der Waals surface area contributed by atoms with Crippen molar-refractivity contribution >= 4 is 38.7 Å². The molecule has 0 spiro atoms. The number of carbonyl (C=O) groups excluding carboxylic acids is 1. The van der Waals surface area contributed by atoms with Crippen LogP contribution in [0, 0.1) is 19.7 Å². The molecule has 0 aliphatic rings. The lowest BCUT2D eigenvalue weighted by molar-refractivity contribution is 0.0945. The third-order valence-electron chi connectivity index (χ3n) is 4.13. The highest BCUT2D eigenvalue weighted by atomic mass is 35.5. The molecular formula is C18H17ClFN5O3S2. The molecule has 3 rings (SSSR count). The summed E-state index contributed by atoms with van der Waals surface area (Å²) in [7, 11) is -4.11. The van der Waals surface area contributed by atoms with Crippen LogP contribution in [0.15, 0.2) is 35.5 Å². The van der Waals surface area contributed by atoms with Crippen LogP contribution in [0.1, 0.15) is 37.1 Å². The predicted octanol–water partition coefficient (Wildman–Crippen LogP) is 2.70. The molecule has 0 fully saturated rings. The first-order chi connectivity index (χ1) is 14.1. The quantitative estimate of drug-likeness (QED) is 0.531. The normalized spacial score (nSPS) is 12.6. The molecule has 0 aliphatic carbocycles. The van der Waals surface area contributed by atoms with Gasteiger partial charge in [-0.15, -0.1) is 11.3 Å². The topological polar surface area (TPSA) is 128 Å². The van der Waals surface area contributed by atoms with E-state index in [0.29, 0.717) is 0 Å². The molecule has 1 atom stereocenters. The van der Waals surface area contributed by atoms with E-state index in [9.17, 15) is 17.6 Å². The molecule has 158 valence electrons. The number of sulfone groups is 1. The number of hydrogen-bond donors (Lipinski definition) is 2. The third kappa shape index (κ3) is 4.64. The molecule has 1 amide bonds. The lowest BCUT2D eigenvalue weighted by Gasteiger charge is -2.15. The molecule has 12 heteroatoms. The van der Waals surface area contributed by atoms with E-state index in [4.69, 9.17) is 17.3 Å². The van der Waals surface area contributed by atoms with E-state index in [0.717, 1.165) is 34.3 Å². The van der Waals surface area contributed by atoms with Crippen molar-refractivity contribution in [1.82, 2.24) is 20.3 Å². The molecule has 0 saturated carbocycles. The molecule has 3 aromatic rings. The summed E-state index contributed by atoms with van der Waals surface area (Å²) < 4.78 is 38.9. The van der Waals surface area contributed by atoms with Gasteiger partial charge in [0.1, 0.15) is 11.5 Å². The van der Waals surface area contributed by atoms with Gasteiger partial charge in [-0.05, 0) is 32.0 Å². The maximum atomic E-state index is 13.3. The zero-order valence-electron chi connectivity index (χ0n) is 15.9. The van der Waals surface area contributed by atoms with Crippen LogP contribution in [0.5, 0.6) is 0 Å². The van der Waals surface area contributed by atoms with Crippen molar-refractivity contribution < 1.29 is 17.6 Å². The predicted molar refractivity (Wildman–Crippen MR) is 110 cm³/mol. The Morgan fingerprint density at radius 1 is 1.30 bits per heavy atom. The van der Waals surface area contributed by atoms with Gasteiger partial charge in [0.2, 0.25) is 0 Å². The van der Waals surface area contributed by atoms with Crippen LogP contribution in [0.25, 0.3) is 0 Å². The smallest absolute Gasteiger partial charge is 0.271 e. The maximum Gasteiger partial charge on any atom is 0.271 e. The Bertz CT molecular complexity index is 1220. The number of halogens is 2. The van der Waals surface area contributed by atoms with Crippen molar-refractivity contribution in [2.24, 2.45) is 5.73 Å². The van der Waals surface area contributed by atoms with Crippen molar-refractivity contribution in [3.63, 3.8) is 0 Å². The van der Waals surface area contributed by atoms with Gasteiger partial charge in [-0.1, -0.05) is 11.6 Å². The summed E-state index contributed by atoms with van der Waals surface area (Å²) in [5, 5.41) is 1.68. The van der Waals surface area contributed by atoms with Gasteiger partial charge in [-0.2, -0.15) is 0 Å². The number of aromatic nitrogens is 3. The molecule has 1 aromatic carbocycles. The van der Waals surface area contributed by atoms with Crippen LogP contribution in [-0.4, -0.2) is 29.3 Å². The molecular weight excluding hydrogens is 453 g/mol. The minimum absolute atomic E-state index is 0.0203. The number of amides is 1. The standard InChI is InChI=1S/C18H17ClFN5O3S2/c1-9-16(17(21)30(27,28)12-3-4-14(20)13(19)5-12)23-8-15(25-9)18(26)24-7-11-6-22-10(2)29-11/h3-6,8,17H,7,21H2,1-2H3,(H,24,26). The van der Waals surface area contributed by atoms with Gasteiger partial charge in [0, 0.05) is 11.1 Å². The Morgan fingerprint density at radius 2 is 2.03 bits per heavy atom. The fourth-order valence-corrected chi connectivity index (χ4v) is 4.91. The second kappa shape index (κ2) is 8.72. The lowest BCUT2D eigenvalue weighted by Crippen LogP contribution is -2.27. The van der Waals surface area contributed by atoms with Crippen molar-refractivity contribution in [3.05, 3.63) is 68.4 Å². The molecule has 0 saturated heterocycles. The van der Waals surface area contributed by atoms with Gasteiger partial charge in [-0.3, -0.25) is 9.78 Å². The third-order valence-corrected chi connectivity index (χ3v) is 7.14. The number of aryl methyl sites for hydroxylation is 2. The minimum Gasteiger partial charge on any atom is -0.346 e. The molecule has 8 nitrogen and oxygen atoms in total. The summed E-state index contributed by atoms with van der Waals surface area (Å²) in [5.41, 5.74) is 6.10. The molecule has 0 bridgehead atoms. The lowest BCUT2D eigenvalue weighted by atomic mass is 10.3. The molecule has 2 aromatic heterocycles. The number of hydrogen-bond acceptors (Lipinski definition) is 8. The monoisotopic (exact) mass is 469 g/mol. The average Bonchev–Trinajstić information content (AvgIpc) is 3.12. The average molecular weight is 470 g/mol. The number of rotatable bonds is 6. The number of nitrogens with one attached hydrogen (secondary N) is 1. The SMILES string of the molecule is Cc1ncc(CNC(=O)c2cnc(C(N)S(=O)(=O)c3ccc(F)c(Cl)c3)c(C)n2)s1. The fraction of sp³-hybridized carbons (Fsp3) is 0.222. The summed E-state index contributed by atoms with van der Waals surface area (Å²) in [4.78, 5) is 25.2. The summed E-state index contributed by atoms with van der Waals surface area (Å²) in [5.74, 6) is -1.21. The fourth-order valence-electron chi connectivity index (χ4n) is 2.57. The number of benzene rings is 1. The van der Waals surface area contributed by atoms with Crippen LogP contribution < -0.4 is 11.1 Å². The summed E-state index contributed by atoms with van der Waals surface area (Å²) in [6, 6.07) is 3.00. The van der Waals surface area contributed by atoms with Gasteiger partial charge in [0.05, 0.1) is 39.1 Å². The zero-order chi connectivity index (χ0) is 22.1. The first kappa shape index (κ1) is 22.2. The van der Waals surface area contributed by atoms with E-state index < -0.39 is 26.9 Å². The van der Waals surface area contributed by atoms with E-state index in [1.54, 1.807) is 6.20 Å². The minimum atomic E-state index is -4.11. The second-order valence-electron chi connectivity index (χ2n) is 6.30. The van der Waals surface area contributed by atoms with E-state index in [1.807, 2.05) is 6.92 Å². The molecule has 1 unspecified atom stereocenters. The van der Waals surface area contributed by atoms with Gasteiger partial charge in [0.15, 0.2) is 15.2 Å². The Balaban J connectivity index is 1.79. The van der Waals surface area contributed by atoms with Gasteiger partial charge in [0.25, 0.3) is 5.91 Å². The van der Waals surface area contributed by atoms with Crippen molar-refractivity contribution in [2.45, 2.75) is 30.7 Å². The van der Waals surface area contributed by atoms with E-state index in [1.165, 1.54) is 18.3 Å². The number of nitrogens with two attached hydrogens (primary N) is 1. The maximum absolute atomic E-state index is 13.3. The molecule has 30 heavy (non-hydrogen) atoms. The Hall–Kier alpha value is -2.47. The van der Waals surface area contributed by atoms with Crippen LogP contribution in [-0.2, 0) is 16.4 Å². The Labute approximate surface area is 181 Å². The summed E-state index contributed by atoms with van der Waals surface area (Å²) >= 11 is 7.14. The van der Waals surface area contributed by atoms with Crippen molar-refractivity contribution in [3.8, 4) is 0 Å². The summed E-state index contributed by atoms with van der Waals surface area (Å²) in [6.07, 6.45) is 2.83. The highest BCUT2D eigenvalue weighted by Gasteiger charge is 2.29. The van der Waals surface area contributed by atoms with Crippen LogP contribution in [0.4, 0.5) is 4.39 Å². The van der Waals surface area contributed by atoms with Crippen LogP contribution >= 0.6 is 22.9 Å². The zero-order valence-corrected chi connectivity index (χ0v) is 18.3. The number of thiazole rings is 1. The number of carbonyl (C=O) groups is 1. The summed E-state index contributed by atoms with van der Waals surface area (Å²) in [6.45, 7) is 3.64.